The summed E-state index contributed by atoms with van der Waals surface area (Å²) >= 11 is 0. The van der Waals surface area contributed by atoms with Gasteiger partial charge in [-0.1, -0.05) is 0 Å². The summed E-state index contributed by atoms with van der Waals surface area (Å²) in [6, 6.07) is 3.74. The topological polar surface area (TPSA) is 86.7 Å². The van der Waals surface area contributed by atoms with Crippen LogP contribution in [-0.2, 0) is 9.53 Å². The van der Waals surface area contributed by atoms with E-state index in [0.29, 0.717) is 19.4 Å². The zero-order valence-corrected chi connectivity index (χ0v) is 14.5. The zero-order chi connectivity index (χ0) is 17.4. The minimum atomic E-state index is -0.346. The molecule has 1 aromatic heterocycles. The third-order valence-electron chi connectivity index (χ3n) is 6.15. The second-order valence-electron chi connectivity index (χ2n) is 7.40. The Morgan fingerprint density at radius 3 is 2.88 bits per heavy atom. The highest BCUT2D eigenvalue weighted by Crippen LogP contribution is 2.43. The smallest absolute Gasteiger partial charge is 0.241 e. The first-order chi connectivity index (χ1) is 12.1. The summed E-state index contributed by atoms with van der Waals surface area (Å²) in [7, 11) is 1.73. The molecule has 0 spiro atoms. The molecule has 3 fully saturated rings. The fraction of sp³-hybridized carbons (Fsp3) is 0.667. The highest BCUT2D eigenvalue weighted by atomic mass is 16.5. The van der Waals surface area contributed by atoms with Crippen molar-refractivity contribution in [1.29, 1.82) is 0 Å². The van der Waals surface area contributed by atoms with Gasteiger partial charge in [-0.25, -0.2) is 10.9 Å². The number of aromatic nitrogens is 1. The molecular weight excluding hydrogens is 320 g/mol. The number of aliphatic hydroxyl groups is 1. The van der Waals surface area contributed by atoms with E-state index in [1.54, 1.807) is 19.5 Å². The van der Waals surface area contributed by atoms with Crippen LogP contribution in [0.3, 0.4) is 0 Å². The molecule has 2 aliphatic heterocycles. The van der Waals surface area contributed by atoms with Crippen molar-refractivity contribution in [1.82, 2.24) is 20.7 Å². The molecule has 1 aromatic rings. The number of ether oxygens (including phenoxy) is 1. The molecule has 7 nitrogen and oxygen atoms in total. The summed E-state index contributed by atoms with van der Waals surface area (Å²) in [6.45, 7) is 0.697. The second-order valence-corrected chi connectivity index (χ2v) is 7.40. The number of fused-ring (bicyclic) bond motifs is 1. The molecule has 3 heterocycles. The van der Waals surface area contributed by atoms with Crippen LogP contribution < -0.4 is 10.9 Å². The van der Waals surface area contributed by atoms with E-state index in [-0.39, 0.29) is 35.7 Å². The van der Waals surface area contributed by atoms with Crippen molar-refractivity contribution < 1.29 is 14.6 Å². The summed E-state index contributed by atoms with van der Waals surface area (Å²) in [4.78, 5) is 19.1. The summed E-state index contributed by atoms with van der Waals surface area (Å²) in [6.07, 6.45) is 6.91. The van der Waals surface area contributed by atoms with Gasteiger partial charge in [-0.3, -0.25) is 9.78 Å². The fourth-order valence-electron chi connectivity index (χ4n) is 4.67. The van der Waals surface area contributed by atoms with Gasteiger partial charge in [0.25, 0.3) is 0 Å². The first-order valence-electron chi connectivity index (χ1n) is 9.07. The molecule has 0 bridgehead atoms. The summed E-state index contributed by atoms with van der Waals surface area (Å²) < 4.78 is 5.84. The lowest BCUT2D eigenvalue weighted by molar-refractivity contribution is -0.141. The van der Waals surface area contributed by atoms with Crippen molar-refractivity contribution >= 4 is 5.91 Å². The summed E-state index contributed by atoms with van der Waals surface area (Å²) in [5, 5.41) is 10.1. The van der Waals surface area contributed by atoms with Gasteiger partial charge in [0.05, 0.1) is 17.7 Å². The maximum atomic E-state index is 13.1. The molecule has 3 N–H and O–H groups in total. The molecular formula is C18H26N4O3. The van der Waals surface area contributed by atoms with Gasteiger partial charge in [0.15, 0.2) is 0 Å². The molecule has 3 aliphatic rings. The Morgan fingerprint density at radius 2 is 2.12 bits per heavy atom. The van der Waals surface area contributed by atoms with Crippen molar-refractivity contribution in [3.63, 3.8) is 0 Å². The number of nitrogens with one attached hydrogen (secondary N) is 2. The predicted octanol–water partition coefficient (Wildman–Crippen LogP) is 0.520. The fourth-order valence-corrected chi connectivity index (χ4v) is 4.67. The van der Waals surface area contributed by atoms with E-state index >= 15 is 0 Å². The van der Waals surface area contributed by atoms with Crippen LogP contribution in [-0.4, -0.2) is 58.3 Å². The molecule has 25 heavy (non-hydrogen) atoms. The Kier molecular flexibility index (Phi) is 4.49. The Bertz CT molecular complexity index is 628. The molecule has 2 saturated heterocycles. The van der Waals surface area contributed by atoms with E-state index in [4.69, 9.17) is 4.74 Å². The van der Waals surface area contributed by atoms with Gasteiger partial charge in [-0.2, -0.15) is 0 Å². The number of hydrogen-bond acceptors (Lipinski definition) is 6. The van der Waals surface area contributed by atoms with Gasteiger partial charge in [0.2, 0.25) is 5.91 Å². The molecule has 1 amide bonds. The van der Waals surface area contributed by atoms with Gasteiger partial charge in [-0.05, 0) is 49.8 Å². The average Bonchev–Trinajstić information content (AvgIpc) is 3.27. The van der Waals surface area contributed by atoms with Gasteiger partial charge in [0, 0.05) is 32.1 Å². The van der Waals surface area contributed by atoms with E-state index in [2.05, 4.69) is 15.8 Å². The van der Waals surface area contributed by atoms with Crippen LogP contribution in [0.1, 0.15) is 43.7 Å². The van der Waals surface area contributed by atoms with E-state index in [9.17, 15) is 9.90 Å². The average molecular weight is 346 g/mol. The number of amides is 1. The molecule has 4 rings (SSSR count). The van der Waals surface area contributed by atoms with Crippen molar-refractivity contribution in [2.24, 2.45) is 0 Å². The van der Waals surface area contributed by atoms with Crippen LogP contribution in [0, 0.1) is 0 Å². The molecule has 7 heteroatoms. The van der Waals surface area contributed by atoms with Gasteiger partial charge in [0.1, 0.15) is 6.04 Å². The number of likely N-dealkylation sites (tertiary alicyclic amines) is 1. The molecule has 2 unspecified atom stereocenters. The molecule has 5 atom stereocenters. The lowest BCUT2D eigenvalue weighted by Crippen LogP contribution is -2.55. The molecule has 0 aromatic carbocycles. The third-order valence-corrected chi connectivity index (χ3v) is 6.15. The standard InChI is InChI=1S/C18H26N4O3/c1-25-18-5-2-13(23)10-16(18)22(9-6-18)17(24)15-11-14(20-21-15)12-3-7-19-8-4-12/h3-4,7-8,13-16,20-21,23H,2,5-6,9-11H2,1H3/t13-,14?,15?,16-,18+/m0/s1. The number of hydrogen-bond donors (Lipinski definition) is 3. The number of aliphatic hydroxyl groups excluding tert-OH is 1. The zero-order valence-electron chi connectivity index (χ0n) is 14.5. The minimum absolute atomic E-state index is 0.0319. The Hall–Kier alpha value is -1.54. The lowest BCUT2D eigenvalue weighted by atomic mass is 9.79. The first kappa shape index (κ1) is 16.9. The van der Waals surface area contributed by atoms with Crippen LogP contribution in [0.15, 0.2) is 24.5 Å². The highest BCUT2D eigenvalue weighted by Gasteiger charge is 2.53. The number of methoxy groups -OCH3 is 1. The van der Waals surface area contributed by atoms with E-state index in [1.165, 1.54) is 0 Å². The van der Waals surface area contributed by atoms with E-state index in [1.807, 2.05) is 17.0 Å². The SMILES string of the molecule is CO[C@@]12CC[C@H](O)C[C@@H]1N(C(=O)C1CC(c3ccncc3)NN1)CC2. The van der Waals surface area contributed by atoms with Crippen molar-refractivity contribution in [3.8, 4) is 0 Å². The largest absolute Gasteiger partial charge is 0.393 e. The van der Waals surface area contributed by atoms with Crippen LogP contribution in [0.4, 0.5) is 0 Å². The van der Waals surface area contributed by atoms with Crippen molar-refractivity contribution in [2.75, 3.05) is 13.7 Å². The first-order valence-corrected chi connectivity index (χ1v) is 9.07. The van der Waals surface area contributed by atoms with Crippen molar-refractivity contribution in [2.45, 2.75) is 61.9 Å². The summed E-state index contributed by atoms with van der Waals surface area (Å²) in [5.74, 6) is 0.0991. The quantitative estimate of drug-likeness (QED) is 0.740. The van der Waals surface area contributed by atoms with Crippen LogP contribution >= 0.6 is 0 Å². The Balaban J connectivity index is 1.46. The summed E-state index contributed by atoms with van der Waals surface area (Å²) in [5.41, 5.74) is 7.22. The number of carbonyl (C=O) groups is 1. The van der Waals surface area contributed by atoms with E-state index < -0.39 is 0 Å². The number of rotatable bonds is 3. The number of pyridine rings is 1. The van der Waals surface area contributed by atoms with Crippen LogP contribution in [0.25, 0.3) is 0 Å². The van der Waals surface area contributed by atoms with Gasteiger partial charge < -0.3 is 14.7 Å². The number of carbonyl (C=O) groups excluding carboxylic acids is 1. The molecule has 1 saturated carbocycles. The van der Waals surface area contributed by atoms with Gasteiger partial charge in [-0.15, -0.1) is 0 Å². The Morgan fingerprint density at radius 1 is 1.32 bits per heavy atom. The van der Waals surface area contributed by atoms with Gasteiger partial charge >= 0.3 is 0 Å². The minimum Gasteiger partial charge on any atom is -0.393 e. The number of hydrazine groups is 1. The molecule has 0 radical (unpaired) electrons. The Labute approximate surface area is 147 Å². The van der Waals surface area contributed by atoms with Crippen molar-refractivity contribution in [3.05, 3.63) is 30.1 Å². The lowest BCUT2D eigenvalue weighted by Gasteiger charge is -2.42. The monoisotopic (exact) mass is 346 g/mol. The third kappa shape index (κ3) is 2.95. The van der Waals surface area contributed by atoms with Crippen LogP contribution in [0.5, 0.6) is 0 Å². The molecule has 1 aliphatic carbocycles. The molecule has 136 valence electrons. The second kappa shape index (κ2) is 6.64. The van der Waals surface area contributed by atoms with E-state index in [0.717, 1.165) is 24.8 Å². The normalized spacial score (nSPS) is 37.9. The number of nitrogens with zero attached hydrogens (tertiary/aromatic N) is 2. The maximum Gasteiger partial charge on any atom is 0.241 e. The maximum absolute atomic E-state index is 13.1. The highest BCUT2D eigenvalue weighted by molar-refractivity contribution is 5.83. The predicted molar refractivity (Wildman–Crippen MR) is 91.4 cm³/mol. The van der Waals surface area contributed by atoms with Crippen LogP contribution in [0.2, 0.25) is 0 Å².